The third kappa shape index (κ3) is 11.8. The number of ether oxygens (including phenoxy) is 2. The van der Waals surface area contributed by atoms with Crippen LogP contribution in [0, 0.1) is 17.6 Å². The van der Waals surface area contributed by atoms with Gasteiger partial charge in [0.2, 0.25) is 10.3 Å². The number of amides is 3. The first-order valence-corrected chi connectivity index (χ1v) is 22.9. The molecular formula is C47H46F2N8O7S2. The van der Waals surface area contributed by atoms with E-state index in [0.717, 1.165) is 17.5 Å². The Hall–Kier alpha value is -6.67. The molecule has 1 aliphatic rings. The SMILES string of the molecule is CCCCN(C(=O)c1ccccc1F)c1nnc(-c2ccc(C(=O)NCCCC(=O)OC(=O)C3CN(Cc4ccc(-c5nnc(N(CCOC)C(=O)c6ccccc6F)s5)cc4)C3)cc2)s1. The first-order valence-electron chi connectivity index (χ1n) is 21.3. The van der Waals surface area contributed by atoms with Crippen molar-refractivity contribution in [3.8, 4) is 21.1 Å². The number of unbranched alkanes of at least 4 members (excludes halogenated alkanes) is 1. The highest BCUT2D eigenvalue weighted by Gasteiger charge is 2.35. The normalized spacial score (nSPS) is 12.6. The summed E-state index contributed by atoms with van der Waals surface area (Å²) in [6, 6.07) is 25.9. The van der Waals surface area contributed by atoms with E-state index >= 15 is 0 Å². The van der Waals surface area contributed by atoms with E-state index in [2.05, 4.69) is 30.6 Å². The maximum atomic E-state index is 14.4. The molecule has 0 bridgehead atoms. The summed E-state index contributed by atoms with van der Waals surface area (Å²) in [5.41, 5.74) is 2.74. The molecule has 1 N–H and O–H groups in total. The third-order valence-corrected chi connectivity index (χ3v) is 12.6. The Morgan fingerprint density at radius 3 is 1.82 bits per heavy atom. The molecule has 7 rings (SSSR count). The predicted octanol–water partition coefficient (Wildman–Crippen LogP) is 7.45. The van der Waals surface area contributed by atoms with Crippen molar-refractivity contribution in [2.24, 2.45) is 5.92 Å². The molecule has 2 aromatic heterocycles. The summed E-state index contributed by atoms with van der Waals surface area (Å²) < 4.78 is 39.1. The molecule has 4 aromatic carbocycles. The summed E-state index contributed by atoms with van der Waals surface area (Å²) in [4.78, 5) is 69.3. The van der Waals surface area contributed by atoms with Gasteiger partial charge >= 0.3 is 11.9 Å². The molecule has 6 aromatic rings. The first-order chi connectivity index (χ1) is 32.0. The van der Waals surface area contributed by atoms with Crippen molar-refractivity contribution in [3.63, 3.8) is 0 Å². The van der Waals surface area contributed by atoms with Crippen LogP contribution in [0.15, 0.2) is 97.1 Å². The van der Waals surface area contributed by atoms with E-state index in [1.54, 1.807) is 36.4 Å². The number of nitrogens with zero attached hydrogens (tertiary/aromatic N) is 7. The van der Waals surface area contributed by atoms with Crippen LogP contribution in [-0.4, -0.2) is 101 Å². The lowest BCUT2D eigenvalue weighted by molar-refractivity contribution is -0.166. The lowest BCUT2D eigenvalue weighted by Gasteiger charge is -2.37. The van der Waals surface area contributed by atoms with Crippen LogP contribution >= 0.6 is 22.7 Å². The standard InChI is InChI=1S/C47H46F2N8O7S2/c1-3-4-24-56(43(60)35-10-5-7-12-37(35)48)46-53-52-42(65-46)33-21-19-31(20-22-33)40(59)50-23-9-14-39(58)64-45(62)34-28-55(29-34)27-30-15-17-32(18-16-30)41-51-54-47(66-41)57(25-26-63-2)44(61)36-11-6-8-13-38(36)49/h5-8,10-13,15-22,34H,3-4,9,14,23-29H2,1-2H3,(H,50,59). The van der Waals surface area contributed by atoms with Crippen molar-refractivity contribution in [1.29, 1.82) is 0 Å². The molecule has 0 radical (unpaired) electrons. The lowest BCUT2D eigenvalue weighted by Crippen LogP contribution is -2.50. The van der Waals surface area contributed by atoms with Gasteiger partial charge in [0.25, 0.3) is 17.7 Å². The van der Waals surface area contributed by atoms with E-state index in [-0.39, 0.29) is 49.6 Å². The van der Waals surface area contributed by atoms with Crippen molar-refractivity contribution >= 4 is 62.6 Å². The minimum atomic E-state index is -0.661. The maximum absolute atomic E-state index is 14.4. The second-order valence-electron chi connectivity index (χ2n) is 15.3. The molecule has 0 aliphatic carbocycles. The molecule has 3 amide bonds. The fourth-order valence-corrected chi connectivity index (χ4v) is 8.66. The molecule has 0 spiro atoms. The third-order valence-electron chi connectivity index (χ3n) is 10.6. The molecule has 19 heteroatoms. The van der Waals surface area contributed by atoms with E-state index in [0.29, 0.717) is 64.0 Å². The average Bonchev–Trinajstić information content (AvgIpc) is 4.01. The fraction of sp³-hybridized carbons (Fsp3) is 0.298. The van der Waals surface area contributed by atoms with Gasteiger partial charge in [-0.3, -0.25) is 38.7 Å². The zero-order valence-corrected chi connectivity index (χ0v) is 37.8. The van der Waals surface area contributed by atoms with Gasteiger partial charge in [-0.1, -0.05) is 96.7 Å². The van der Waals surface area contributed by atoms with Crippen molar-refractivity contribution in [2.75, 3.05) is 56.2 Å². The van der Waals surface area contributed by atoms with Crippen LogP contribution in [0.25, 0.3) is 21.1 Å². The van der Waals surface area contributed by atoms with Gasteiger partial charge < -0.3 is 14.8 Å². The summed E-state index contributed by atoms with van der Waals surface area (Å²) >= 11 is 2.40. The molecule has 66 heavy (non-hydrogen) atoms. The number of rotatable bonds is 20. The van der Waals surface area contributed by atoms with Gasteiger partial charge in [-0.15, -0.1) is 20.4 Å². The molecular weight excluding hydrogens is 891 g/mol. The van der Waals surface area contributed by atoms with Crippen molar-refractivity contribution in [3.05, 3.63) is 131 Å². The van der Waals surface area contributed by atoms with Crippen molar-refractivity contribution in [1.82, 2.24) is 30.6 Å². The fourth-order valence-electron chi connectivity index (χ4n) is 6.92. The van der Waals surface area contributed by atoms with Gasteiger partial charge in [0.15, 0.2) is 0 Å². The van der Waals surface area contributed by atoms with Gasteiger partial charge in [-0.25, -0.2) is 8.78 Å². The van der Waals surface area contributed by atoms with E-state index in [9.17, 15) is 32.8 Å². The summed E-state index contributed by atoms with van der Waals surface area (Å²) in [5.74, 6) is -4.29. The molecule has 0 saturated carbocycles. The quantitative estimate of drug-likeness (QED) is 0.0455. The smallest absolute Gasteiger partial charge is 0.319 e. The summed E-state index contributed by atoms with van der Waals surface area (Å²) in [5, 5.41) is 21.5. The number of likely N-dealkylation sites (tertiary alicyclic amines) is 1. The molecule has 342 valence electrons. The molecule has 1 aliphatic heterocycles. The Morgan fingerprint density at radius 1 is 0.727 bits per heavy atom. The van der Waals surface area contributed by atoms with Crippen LogP contribution in [0.3, 0.4) is 0 Å². The predicted molar refractivity (Wildman–Crippen MR) is 245 cm³/mol. The molecule has 1 saturated heterocycles. The van der Waals surface area contributed by atoms with Gasteiger partial charge in [-0.05, 0) is 54.8 Å². The van der Waals surface area contributed by atoms with Crippen LogP contribution in [0.2, 0.25) is 0 Å². The molecule has 0 atom stereocenters. The number of nitrogens with one attached hydrogen (secondary N) is 1. The van der Waals surface area contributed by atoms with Gasteiger partial charge in [0, 0.05) is 62.9 Å². The number of carbonyl (C=O) groups excluding carboxylic acids is 5. The van der Waals surface area contributed by atoms with Crippen LogP contribution < -0.4 is 15.1 Å². The highest BCUT2D eigenvalue weighted by Crippen LogP contribution is 2.32. The number of halogens is 2. The number of esters is 2. The maximum Gasteiger partial charge on any atom is 0.319 e. The Morgan fingerprint density at radius 2 is 1.27 bits per heavy atom. The number of benzene rings is 4. The van der Waals surface area contributed by atoms with Crippen LogP contribution in [-0.2, 0) is 25.6 Å². The van der Waals surface area contributed by atoms with Crippen LogP contribution in [0.1, 0.15) is 69.2 Å². The van der Waals surface area contributed by atoms with Gasteiger partial charge in [0.1, 0.15) is 21.6 Å². The van der Waals surface area contributed by atoms with E-state index in [1.807, 2.05) is 31.2 Å². The Labute approximate surface area is 387 Å². The number of aromatic nitrogens is 4. The minimum Gasteiger partial charge on any atom is -0.393 e. The van der Waals surface area contributed by atoms with E-state index in [1.165, 1.54) is 76.0 Å². The van der Waals surface area contributed by atoms with Gasteiger partial charge in [0.05, 0.1) is 30.2 Å². The largest absolute Gasteiger partial charge is 0.393 e. The van der Waals surface area contributed by atoms with Gasteiger partial charge in [-0.2, -0.15) is 0 Å². The molecule has 15 nitrogen and oxygen atoms in total. The summed E-state index contributed by atoms with van der Waals surface area (Å²) in [7, 11) is 1.51. The molecule has 3 heterocycles. The molecule has 1 fully saturated rings. The number of carbonyl (C=O) groups is 5. The van der Waals surface area contributed by atoms with Crippen LogP contribution in [0.5, 0.6) is 0 Å². The average molecular weight is 937 g/mol. The Kier molecular flexibility index (Phi) is 16.1. The highest BCUT2D eigenvalue weighted by molar-refractivity contribution is 7.19. The second-order valence-corrected chi connectivity index (χ2v) is 17.2. The summed E-state index contributed by atoms with van der Waals surface area (Å²) in [6.07, 6.45) is 1.74. The second kappa shape index (κ2) is 22.5. The van der Waals surface area contributed by atoms with Crippen LogP contribution in [0.4, 0.5) is 19.0 Å². The highest BCUT2D eigenvalue weighted by atomic mass is 32.1. The zero-order chi connectivity index (χ0) is 46.6. The Balaban J connectivity index is 0.811. The van der Waals surface area contributed by atoms with Crippen molar-refractivity contribution < 1.29 is 42.2 Å². The van der Waals surface area contributed by atoms with E-state index < -0.39 is 41.3 Å². The number of methoxy groups -OCH3 is 1. The number of hydrogen-bond acceptors (Lipinski definition) is 14. The topological polar surface area (TPSA) is 177 Å². The van der Waals surface area contributed by atoms with Crippen molar-refractivity contribution in [2.45, 2.75) is 39.2 Å². The first kappa shape index (κ1) is 47.3. The molecule has 0 unspecified atom stereocenters. The minimum absolute atomic E-state index is 0.0437. The Bertz CT molecular complexity index is 2660. The lowest BCUT2D eigenvalue weighted by atomic mass is 9.99. The number of hydrogen-bond donors (Lipinski definition) is 1. The zero-order valence-electron chi connectivity index (χ0n) is 36.2. The van der Waals surface area contributed by atoms with E-state index in [4.69, 9.17) is 9.47 Å². The summed E-state index contributed by atoms with van der Waals surface area (Å²) in [6.45, 7) is 4.36. The number of anilines is 2. The monoisotopic (exact) mass is 936 g/mol.